The lowest BCUT2D eigenvalue weighted by Crippen LogP contribution is -2.46. The lowest BCUT2D eigenvalue weighted by Gasteiger charge is -2.35. The van der Waals surface area contributed by atoms with E-state index in [0.717, 1.165) is 48.8 Å². The number of carbonyl (C=O) groups excluding carboxylic acids is 2. The van der Waals surface area contributed by atoms with Crippen LogP contribution in [-0.4, -0.2) is 72.9 Å². The number of halogens is 3. The van der Waals surface area contributed by atoms with E-state index in [9.17, 15) is 18.4 Å². The molecule has 1 atom stereocenters. The quantitative estimate of drug-likeness (QED) is 0.351. The van der Waals surface area contributed by atoms with Crippen LogP contribution in [0, 0.1) is 11.6 Å². The van der Waals surface area contributed by atoms with E-state index in [1.807, 2.05) is 24.3 Å². The Labute approximate surface area is 253 Å². The first-order valence-corrected chi connectivity index (χ1v) is 15.0. The minimum Gasteiger partial charge on any atom is -0.494 e. The number of nitrogens with one attached hydrogen (secondary N) is 1. The van der Waals surface area contributed by atoms with Crippen molar-refractivity contribution in [2.75, 3.05) is 51.7 Å². The smallest absolute Gasteiger partial charge is 0.313 e. The van der Waals surface area contributed by atoms with Crippen molar-refractivity contribution in [2.45, 2.75) is 31.8 Å². The molecule has 0 spiro atoms. The van der Waals surface area contributed by atoms with Gasteiger partial charge in [0.05, 0.1) is 7.11 Å². The van der Waals surface area contributed by atoms with Crippen LogP contribution in [-0.2, 0) is 22.7 Å². The average Bonchev–Trinajstić information content (AvgIpc) is 3.01. The van der Waals surface area contributed by atoms with Crippen molar-refractivity contribution in [3.05, 3.63) is 93.5 Å². The molecule has 3 aromatic carbocycles. The van der Waals surface area contributed by atoms with Crippen molar-refractivity contribution in [1.82, 2.24) is 14.7 Å². The van der Waals surface area contributed by atoms with Crippen LogP contribution < -0.4 is 10.1 Å². The Morgan fingerprint density at radius 2 is 1.67 bits per heavy atom. The summed E-state index contributed by atoms with van der Waals surface area (Å²) in [5.74, 6) is -3.80. The molecule has 0 saturated carbocycles. The predicted molar refractivity (Wildman–Crippen MR) is 161 cm³/mol. The third-order valence-corrected chi connectivity index (χ3v) is 8.53. The second-order valence-corrected chi connectivity index (χ2v) is 11.8. The summed E-state index contributed by atoms with van der Waals surface area (Å²) in [6, 6.07) is 18.8. The van der Waals surface area contributed by atoms with Crippen LogP contribution in [0.5, 0.6) is 5.75 Å². The molecule has 0 bridgehead atoms. The largest absolute Gasteiger partial charge is 0.494 e. The zero-order valence-electron chi connectivity index (χ0n) is 23.6. The zero-order chi connectivity index (χ0) is 29.6. The highest BCUT2D eigenvalue weighted by atomic mass is 79.9. The van der Waals surface area contributed by atoms with Crippen molar-refractivity contribution in [2.24, 2.45) is 0 Å². The van der Waals surface area contributed by atoms with Crippen molar-refractivity contribution in [1.29, 1.82) is 0 Å². The molecular formula is C32H35BrF2N4O3. The van der Waals surface area contributed by atoms with Crippen LogP contribution in [0.3, 0.4) is 0 Å². The van der Waals surface area contributed by atoms with E-state index in [1.54, 1.807) is 0 Å². The zero-order valence-corrected chi connectivity index (χ0v) is 25.2. The van der Waals surface area contributed by atoms with E-state index < -0.39 is 23.4 Å². The van der Waals surface area contributed by atoms with Crippen molar-refractivity contribution in [3.63, 3.8) is 0 Å². The van der Waals surface area contributed by atoms with E-state index in [1.165, 1.54) is 23.6 Å². The number of carbonyl (C=O) groups is 2. The van der Waals surface area contributed by atoms with Gasteiger partial charge in [-0.1, -0.05) is 52.3 Å². The monoisotopic (exact) mass is 640 g/mol. The molecule has 2 aliphatic heterocycles. The number of likely N-dealkylation sites (tertiary alicyclic amines) is 1. The topological polar surface area (TPSA) is 65.1 Å². The molecule has 2 saturated heterocycles. The minimum absolute atomic E-state index is 0.175. The number of piperazine rings is 1. The number of rotatable bonds is 7. The van der Waals surface area contributed by atoms with Gasteiger partial charge in [0.2, 0.25) is 5.82 Å². The summed E-state index contributed by atoms with van der Waals surface area (Å²) < 4.78 is 33.9. The highest BCUT2D eigenvalue weighted by Crippen LogP contribution is 2.32. The average molecular weight is 642 g/mol. The third-order valence-electron chi connectivity index (χ3n) is 8.04. The number of hydrogen-bond acceptors (Lipinski definition) is 5. The van der Waals surface area contributed by atoms with Gasteiger partial charge in [-0.2, -0.15) is 4.39 Å². The Morgan fingerprint density at radius 1 is 0.952 bits per heavy atom. The van der Waals surface area contributed by atoms with Gasteiger partial charge in [-0.05, 0) is 53.8 Å². The number of amides is 2. The van der Waals surface area contributed by atoms with E-state index in [0.29, 0.717) is 37.2 Å². The van der Waals surface area contributed by atoms with Crippen LogP contribution in [0.1, 0.15) is 35.4 Å². The van der Waals surface area contributed by atoms with Gasteiger partial charge in [-0.25, -0.2) is 4.39 Å². The first kappa shape index (κ1) is 30.1. The van der Waals surface area contributed by atoms with Crippen LogP contribution in [0.15, 0.2) is 65.1 Å². The second-order valence-electron chi connectivity index (χ2n) is 10.9. The fraction of sp³-hybridized carbons (Fsp3) is 0.375. The Balaban J connectivity index is 1.20. The maximum absolute atomic E-state index is 14.1. The molecule has 7 nitrogen and oxygen atoms in total. The molecule has 2 aliphatic rings. The Hall–Kier alpha value is -3.34. The Morgan fingerprint density at radius 3 is 2.38 bits per heavy atom. The molecule has 2 fully saturated rings. The van der Waals surface area contributed by atoms with Gasteiger partial charge >= 0.3 is 11.8 Å². The first-order valence-electron chi connectivity index (χ1n) is 14.2. The summed E-state index contributed by atoms with van der Waals surface area (Å²) in [7, 11) is 1.28. The molecule has 222 valence electrons. The Kier molecular flexibility index (Phi) is 9.87. The summed E-state index contributed by atoms with van der Waals surface area (Å²) in [6.07, 6.45) is 1.33. The first-order chi connectivity index (χ1) is 20.3. The number of piperidine rings is 1. The maximum atomic E-state index is 14.1. The molecule has 5 rings (SSSR count). The Bertz CT molecular complexity index is 1420. The van der Waals surface area contributed by atoms with Gasteiger partial charge in [0.1, 0.15) is 0 Å². The number of methoxy groups -OCH3 is 1. The van der Waals surface area contributed by atoms with Crippen molar-refractivity contribution < 1.29 is 23.1 Å². The van der Waals surface area contributed by atoms with Crippen LogP contribution >= 0.6 is 15.9 Å². The van der Waals surface area contributed by atoms with Crippen LogP contribution in [0.4, 0.5) is 14.5 Å². The second kappa shape index (κ2) is 13.8. The van der Waals surface area contributed by atoms with Crippen molar-refractivity contribution >= 4 is 33.4 Å². The van der Waals surface area contributed by atoms with Gasteiger partial charge in [-0.15, -0.1) is 0 Å². The summed E-state index contributed by atoms with van der Waals surface area (Å²) in [5.41, 5.74) is 3.37. The van der Waals surface area contributed by atoms with Crippen molar-refractivity contribution in [3.8, 4) is 5.75 Å². The van der Waals surface area contributed by atoms with Gasteiger partial charge in [0.25, 0.3) is 0 Å². The molecule has 0 aromatic heterocycles. The van der Waals surface area contributed by atoms with E-state index >= 15 is 0 Å². The highest BCUT2D eigenvalue weighted by molar-refractivity contribution is 9.10. The fourth-order valence-electron chi connectivity index (χ4n) is 5.71. The van der Waals surface area contributed by atoms with Gasteiger partial charge in [0.15, 0.2) is 11.6 Å². The lowest BCUT2D eigenvalue weighted by atomic mass is 9.90. The summed E-state index contributed by atoms with van der Waals surface area (Å²) >= 11 is 3.49. The third kappa shape index (κ3) is 7.35. The molecule has 1 N–H and O–H groups in total. The fourth-order valence-corrected chi connectivity index (χ4v) is 6.07. The molecule has 2 amide bonds. The van der Waals surface area contributed by atoms with Gasteiger partial charge in [0, 0.05) is 68.4 Å². The van der Waals surface area contributed by atoms with E-state index in [-0.39, 0.29) is 18.2 Å². The predicted octanol–water partition coefficient (Wildman–Crippen LogP) is 5.40. The minimum atomic E-state index is -1.04. The molecular weight excluding hydrogens is 606 g/mol. The molecule has 3 aromatic rings. The number of hydrogen-bond donors (Lipinski definition) is 1. The van der Waals surface area contributed by atoms with Crippen LogP contribution in [0.2, 0.25) is 0 Å². The van der Waals surface area contributed by atoms with Gasteiger partial charge < -0.3 is 15.0 Å². The lowest BCUT2D eigenvalue weighted by molar-refractivity contribution is -0.144. The molecule has 2 heterocycles. The molecule has 0 aliphatic carbocycles. The number of ether oxygens (including phenoxy) is 1. The summed E-state index contributed by atoms with van der Waals surface area (Å²) in [4.78, 5) is 32.7. The number of nitrogens with zero attached hydrogens (tertiary/aromatic N) is 3. The maximum Gasteiger partial charge on any atom is 0.313 e. The summed E-state index contributed by atoms with van der Waals surface area (Å²) in [5, 5.41) is 2.84. The standard InChI is InChI=1S/C32H35BrF2N4O3/c1-42-29-17-25(16-27(34)30(29)35)23-8-5-11-39(21-23)32(41)31(40)36-28-18-26(33)10-9-24(28)20-38-14-12-37(13-15-38)19-22-6-3-2-4-7-22/h2-4,6-7,9-10,16-18,23H,5,8,11-15,19-21H2,1H3,(H,36,40). The van der Waals surface area contributed by atoms with Crippen LogP contribution in [0.25, 0.3) is 0 Å². The molecule has 42 heavy (non-hydrogen) atoms. The van der Waals surface area contributed by atoms with E-state index in [4.69, 9.17) is 4.74 Å². The summed E-state index contributed by atoms with van der Waals surface area (Å²) in [6.45, 7) is 5.94. The highest BCUT2D eigenvalue weighted by Gasteiger charge is 2.30. The van der Waals surface area contributed by atoms with E-state index in [2.05, 4.69) is 55.3 Å². The SMILES string of the molecule is COc1cc(C2CCCN(C(=O)C(=O)Nc3cc(Br)ccc3CN3CCN(Cc4ccccc4)CC3)C2)cc(F)c1F. The normalized spacial score (nSPS) is 18.1. The molecule has 1 unspecified atom stereocenters. The van der Waals surface area contributed by atoms with Gasteiger partial charge in [-0.3, -0.25) is 19.4 Å². The number of benzene rings is 3. The molecule has 0 radical (unpaired) electrons. The molecule has 10 heteroatoms. The number of anilines is 1.